The van der Waals surface area contributed by atoms with Crippen LogP contribution in [0.1, 0.15) is 41.5 Å². The molecule has 2 heterocycles. The van der Waals surface area contributed by atoms with Crippen molar-refractivity contribution in [3.63, 3.8) is 0 Å². The van der Waals surface area contributed by atoms with E-state index in [2.05, 4.69) is 57.4 Å². The fraction of sp³-hybridized carbons (Fsp3) is 0.357. The first kappa shape index (κ1) is 21.4. The van der Waals surface area contributed by atoms with Crippen molar-refractivity contribution in [3.8, 4) is 11.3 Å². The molecule has 0 saturated heterocycles. The molecule has 0 aliphatic heterocycles. The van der Waals surface area contributed by atoms with E-state index in [4.69, 9.17) is 5.73 Å². The molecule has 2 aromatic carbocycles. The fourth-order valence-electron chi connectivity index (χ4n) is 5.89. The average molecular weight is 459 g/mol. The summed E-state index contributed by atoms with van der Waals surface area (Å²) in [5.74, 6) is -2.28. The van der Waals surface area contributed by atoms with Crippen LogP contribution in [0.3, 0.4) is 0 Å². The molecule has 0 bridgehead atoms. The number of aryl methyl sites for hydroxylation is 1. The van der Waals surface area contributed by atoms with E-state index in [1.54, 1.807) is 6.33 Å². The topological polar surface area (TPSA) is 67.6 Å². The van der Waals surface area contributed by atoms with Crippen LogP contribution in [-0.2, 0) is 24.7 Å². The number of fused-ring (bicyclic) bond motifs is 2. The molecule has 4 aromatic rings. The highest BCUT2D eigenvalue weighted by molar-refractivity contribution is 5.90. The SMILES string of the molecule is NCC1(c2cccc(-c3ncnc4[nH]ccc34)c2)Cc2ccc(CCC3CC(F)(F)C3)cc2C1. The van der Waals surface area contributed by atoms with Crippen LogP contribution in [0, 0.1) is 5.92 Å². The van der Waals surface area contributed by atoms with Gasteiger partial charge in [-0.15, -0.1) is 0 Å². The van der Waals surface area contributed by atoms with Crippen LogP contribution in [0.4, 0.5) is 8.78 Å². The van der Waals surface area contributed by atoms with Gasteiger partial charge in [0.1, 0.15) is 12.0 Å². The summed E-state index contributed by atoms with van der Waals surface area (Å²) in [7, 11) is 0. The van der Waals surface area contributed by atoms with Gasteiger partial charge in [0.25, 0.3) is 0 Å². The number of aromatic amines is 1. The summed E-state index contributed by atoms with van der Waals surface area (Å²) in [5.41, 5.74) is 14.2. The van der Waals surface area contributed by atoms with E-state index in [1.165, 1.54) is 22.3 Å². The van der Waals surface area contributed by atoms with Gasteiger partial charge in [-0.1, -0.05) is 36.4 Å². The van der Waals surface area contributed by atoms with Crippen molar-refractivity contribution in [3.05, 3.63) is 83.3 Å². The van der Waals surface area contributed by atoms with Gasteiger partial charge in [-0.05, 0) is 66.0 Å². The van der Waals surface area contributed by atoms with Gasteiger partial charge in [0.15, 0.2) is 0 Å². The van der Waals surface area contributed by atoms with Crippen molar-refractivity contribution in [2.75, 3.05) is 6.54 Å². The third kappa shape index (κ3) is 3.70. The summed E-state index contributed by atoms with van der Waals surface area (Å²) >= 11 is 0. The average Bonchev–Trinajstić information content (AvgIpc) is 3.46. The van der Waals surface area contributed by atoms with Crippen LogP contribution < -0.4 is 5.73 Å². The summed E-state index contributed by atoms with van der Waals surface area (Å²) < 4.78 is 26.3. The van der Waals surface area contributed by atoms with Crippen LogP contribution in [0.5, 0.6) is 0 Å². The summed E-state index contributed by atoms with van der Waals surface area (Å²) in [6.45, 7) is 0.557. The fourth-order valence-corrected chi connectivity index (χ4v) is 5.89. The lowest BCUT2D eigenvalue weighted by atomic mass is 9.77. The maximum absolute atomic E-state index is 13.2. The third-order valence-corrected chi connectivity index (χ3v) is 7.84. The zero-order valence-corrected chi connectivity index (χ0v) is 19.0. The van der Waals surface area contributed by atoms with Gasteiger partial charge in [-0.2, -0.15) is 0 Å². The van der Waals surface area contributed by atoms with Gasteiger partial charge in [-0.3, -0.25) is 0 Å². The van der Waals surface area contributed by atoms with Crippen molar-refractivity contribution >= 4 is 11.0 Å². The molecular formula is C28H28F2N4. The second kappa shape index (κ2) is 7.98. The molecular weight excluding hydrogens is 430 g/mol. The molecule has 2 aliphatic rings. The Morgan fingerprint density at radius 3 is 2.68 bits per heavy atom. The molecule has 34 heavy (non-hydrogen) atoms. The molecule has 2 aliphatic carbocycles. The number of nitrogens with one attached hydrogen (secondary N) is 1. The second-order valence-electron chi connectivity index (χ2n) is 10.2. The Kier molecular flexibility index (Phi) is 5.03. The van der Waals surface area contributed by atoms with Crippen molar-refractivity contribution in [1.82, 2.24) is 15.0 Å². The number of alkyl halides is 2. The highest BCUT2D eigenvalue weighted by Crippen LogP contribution is 2.45. The molecule has 0 amide bonds. The third-order valence-electron chi connectivity index (χ3n) is 7.84. The predicted molar refractivity (Wildman–Crippen MR) is 130 cm³/mol. The van der Waals surface area contributed by atoms with Crippen LogP contribution >= 0.6 is 0 Å². The zero-order chi connectivity index (χ0) is 23.3. The molecule has 0 radical (unpaired) electrons. The molecule has 4 nitrogen and oxygen atoms in total. The highest BCUT2D eigenvalue weighted by Gasteiger charge is 2.44. The number of H-pyrrole nitrogens is 1. The smallest absolute Gasteiger partial charge is 0.248 e. The van der Waals surface area contributed by atoms with Gasteiger partial charge in [-0.25, -0.2) is 18.7 Å². The molecule has 1 atom stereocenters. The summed E-state index contributed by atoms with van der Waals surface area (Å²) in [5, 5.41) is 1.00. The monoisotopic (exact) mass is 458 g/mol. The van der Waals surface area contributed by atoms with E-state index < -0.39 is 5.92 Å². The standard InChI is InChI=1S/C28H28F2N4/c29-28(30)12-19(13-28)5-4-18-6-7-21-14-27(16-31,15-22(21)10-18)23-3-1-2-20(11-23)25-24-8-9-32-26(24)34-17-33-25/h1-3,6-11,17,19H,4-5,12-16,31H2,(H,32,33,34). The summed E-state index contributed by atoms with van der Waals surface area (Å²) in [6.07, 6.45) is 7.07. The van der Waals surface area contributed by atoms with Gasteiger partial charge in [0, 0.05) is 41.9 Å². The molecule has 174 valence electrons. The minimum absolute atomic E-state index is 0.0476. The van der Waals surface area contributed by atoms with E-state index in [9.17, 15) is 8.78 Å². The Labute approximate surface area is 197 Å². The van der Waals surface area contributed by atoms with Crippen LogP contribution in [0.25, 0.3) is 22.3 Å². The van der Waals surface area contributed by atoms with Gasteiger partial charge in [0.05, 0.1) is 5.69 Å². The lowest BCUT2D eigenvalue weighted by molar-refractivity contribution is -0.111. The quantitative estimate of drug-likeness (QED) is 0.395. The molecule has 1 unspecified atom stereocenters. The van der Waals surface area contributed by atoms with Crippen molar-refractivity contribution in [2.24, 2.45) is 11.7 Å². The largest absolute Gasteiger partial charge is 0.346 e. The molecule has 6 rings (SSSR count). The minimum Gasteiger partial charge on any atom is -0.346 e. The normalized spacial score (nSPS) is 21.5. The van der Waals surface area contributed by atoms with Crippen LogP contribution in [-0.4, -0.2) is 27.4 Å². The van der Waals surface area contributed by atoms with Crippen LogP contribution in [0.2, 0.25) is 0 Å². The van der Waals surface area contributed by atoms with E-state index in [0.717, 1.165) is 48.0 Å². The van der Waals surface area contributed by atoms with Crippen molar-refractivity contribution in [1.29, 1.82) is 0 Å². The number of halogens is 2. The number of hydrogen-bond donors (Lipinski definition) is 2. The molecule has 1 fully saturated rings. The van der Waals surface area contributed by atoms with E-state index >= 15 is 0 Å². The predicted octanol–water partition coefficient (Wildman–Crippen LogP) is 5.60. The van der Waals surface area contributed by atoms with Crippen LogP contribution in [0.15, 0.2) is 61.1 Å². The maximum atomic E-state index is 13.2. The maximum Gasteiger partial charge on any atom is 0.248 e. The minimum atomic E-state index is -2.43. The number of benzene rings is 2. The summed E-state index contributed by atoms with van der Waals surface area (Å²) in [6, 6.07) is 17.3. The highest BCUT2D eigenvalue weighted by atomic mass is 19.3. The Bertz CT molecular complexity index is 1350. The number of aromatic nitrogens is 3. The lowest BCUT2D eigenvalue weighted by Crippen LogP contribution is -2.36. The molecule has 1 saturated carbocycles. The summed E-state index contributed by atoms with van der Waals surface area (Å²) in [4.78, 5) is 12.0. The zero-order valence-electron chi connectivity index (χ0n) is 19.0. The van der Waals surface area contributed by atoms with Gasteiger partial charge in [0.2, 0.25) is 5.92 Å². The number of rotatable bonds is 6. The van der Waals surface area contributed by atoms with Crippen molar-refractivity contribution in [2.45, 2.75) is 49.9 Å². The van der Waals surface area contributed by atoms with Gasteiger partial charge < -0.3 is 10.7 Å². The Morgan fingerprint density at radius 2 is 1.85 bits per heavy atom. The Morgan fingerprint density at radius 1 is 1.00 bits per heavy atom. The number of nitrogens with zero attached hydrogens (tertiary/aromatic N) is 2. The second-order valence-corrected chi connectivity index (χ2v) is 10.2. The van der Waals surface area contributed by atoms with E-state index in [1.807, 2.05) is 12.3 Å². The molecule has 6 heteroatoms. The number of nitrogens with two attached hydrogens (primary N) is 1. The first-order chi connectivity index (χ1) is 16.4. The first-order valence-corrected chi connectivity index (χ1v) is 12.0. The molecule has 2 aromatic heterocycles. The van der Waals surface area contributed by atoms with Crippen molar-refractivity contribution < 1.29 is 8.78 Å². The Balaban J connectivity index is 1.25. The van der Waals surface area contributed by atoms with E-state index in [-0.39, 0.29) is 24.2 Å². The van der Waals surface area contributed by atoms with E-state index in [0.29, 0.717) is 6.54 Å². The molecule has 3 N–H and O–H groups in total. The molecule has 0 spiro atoms. The Hall–Kier alpha value is -3.12. The number of hydrogen-bond acceptors (Lipinski definition) is 3. The lowest BCUT2D eigenvalue weighted by Gasteiger charge is -2.35. The van der Waals surface area contributed by atoms with Gasteiger partial charge >= 0.3 is 0 Å². The first-order valence-electron chi connectivity index (χ1n) is 12.0.